The van der Waals surface area contributed by atoms with Gasteiger partial charge in [-0.3, -0.25) is 9.69 Å². The van der Waals surface area contributed by atoms with Gasteiger partial charge < -0.3 is 10.2 Å². The Morgan fingerprint density at radius 3 is 2.00 bits per heavy atom. The van der Waals surface area contributed by atoms with Gasteiger partial charge in [-0.15, -0.1) is 0 Å². The highest BCUT2D eigenvalue weighted by atomic mass is 16.3. The van der Waals surface area contributed by atoms with Crippen LogP contribution in [0.4, 0.5) is 0 Å². The van der Waals surface area contributed by atoms with Crippen LogP contribution >= 0.6 is 0 Å². The summed E-state index contributed by atoms with van der Waals surface area (Å²) in [6, 6.07) is 6.93. The van der Waals surface area contributed by atoms with Crippen LogP contribution in [-0.2, 0) is 4.79 Å². The maximum atomic E-state index is 11.1. The average molecular weight is 193 g/mol. The second kappa shape index (κ2) is 3.08. The van der Waals surface area contributed by atoms with E-state index < -0.39 is 12.5 Å². The summed E-state index contributed by atoms with van der Waals surface area (Å²) < 4.78 is 0. The summed E-state index contributed by atoms with van der Waals surface area (Å²) in [5.74, 6) is -0.346. The zero-order valence-corrected chi connectivity index (χ0v) is 7.71. The molecule has 1 amide bonds. The Morgan fingerprint density at radius 2 is 1.64 bits per heavy atom. The van der Waals surface area contributed by atoms with Crippen LogP contribution in [0.5, 0.6) is 0 Å². The molecular formula is C10H11NO3. The first kappa shape index (κ1) is 9.18. The number of aliphatic hydroxyl groups is 2. The van der Waals surface area contributed by atoms with E-state index in [4.69, 9.17) is 0 Å². The van der Waals surface area contributed by atoms with E-state index in [1.807, 2.05) is 0 Å². The number of carbonyl (C=O) groups excluding carboxylic acids is 1. The molecule has 0 bridgehead atoms. The fraction of sp³-hybridized carbons (Fsp3) is 0.300. The first-order valence-electron chi connectivity index (χ1n) is 4.37. The van der Waals surface area contributed by atoms with Crippen molar-refractivity contribution in [1.82, 2.24) is 4.90 Å². The summed E-state index contributed by atoms with van der Waals surface area (Å²) in [5.41, 5.74) is 1.19. The van der Waals surface area contributed by atoms with Crippen molar-refractivity contribution in [3.8, 4) is 0 Å². The predicted molar refractivity (Wildman–Crippen MR) is 48.9 cm³/mol. The third-order valence-electron chi connectivity index (χ3n) is 2.44. The van der Waals surface area contributed by atoms with Crippen molar-refractivity contribution < 1.29 is 15.0 Å². The highest BCUT2D eigenvalue weighted by Gasteiger charge is 2.37. The number of aliphatic hydroxyl groups excluding tert-OH is 2. The van der Waals surface area contributed by atoms with Crippen molar-refractivity contribution in [1.29, 1.82) is 0 Å². The van der Waals surface area contributed by atoms with E-state index in [1.165, 1.54) is 6.92 Å². The van der Waals surface area contributed by atoms with Gasteiger partial charge in [-0.1, -0.05) is 24.3 Å². The van der Waals surface area contributed by atoms with Gasteiger partial charge in [0.05, 0.1) is 0 Å². The molecule has 74 valence electrons. The topological polar surface area (TPSA) is 60.8 Å². The van der Waals surface area contributed by atoms with Crippen molar-refractivity contribution in [2.24, 2.45) is 0 Å². The van der Waals surface area contributed by atoms with E-state index in [2.05, 4.69) is 0 Å². The van der Waals surface area contributed by atoms with Crippen LogP contribution in [0.25, 0.3) is 0 Å². The molecule has 0 fully saturated rings. The molecule has 2 unspecified atom stereocenters. The van der Waals surface area contributed by atoms with Crippen molar-refractivity contribution >= 4 is 5.91 Å². The van der Waals surface area contributed by atoms with Crippen molar-refractivity contribution in [2.45, 2.75) is 19.4 Å². The Morgan fingerprint density at radius 1 is 1.21 bits per heavy atom. The standard InChI is InChI=1S/C10H11NO3/c1-6(12)11-9(13)7-4-2-3-5-8(7)10(11)14/h2-5,9-10,13-14H,1H3. The minimum Gasteiger partial charge on any atom is -0.369 e. The second-order valence-corrected chi connectivity index (χ2v) is 3.30. The van der Waals surface area contributed by atoms with Crippen LogP contribution in [0.1, 0.15) is 30.5 Å². The number of hydrogen-bond acceptors (Lipinski definition) is 3. The first-order chi connectivity index (χ1) is 6.63. The SMILES string of the molecule is CC(=O)N1C(O)c2ccccc2C1O. The Balaban J connectivity index is 2.48. The van der Waals surface area contributed by atoms with Gasteiger partial charge >= 0.3 is 0 Å². The maximum absolute atomic E-state index is 11.1. The number of rotatable bonds is 0. The Hall–Kier alpha value is -1.39. The molecule has 1 heterocycles. The van der Waals surface area contributed by atoms with Crippen molar-refractivity contribution in [3.05, 3.63) is 35.4 Å². The molecule has 14 heavy (non-hydrogen) atoms. The zero-order chi connectivity index (χ0) is 10.3. The summed E-state index contributed by atoms with van der Waals surface area (Å²) in [6.07, 6.45) is -2.06. The summed E-state index contributed by atoms with van der Waals surface area (Å²) >= 11 is 0. The quantitative estimate of drug-likeness (QED) is 0.631. The van der Waals surface area contributed by atoms with E-state index in [0.29, 0.717) is 11.1 Å². The fourth-order valence-corrected chi connectivity index (χ4v) is 1.76. The summed E-state index contributed by atoms with van der Waals surface area (Å²) in [6.45, 7) is 1.32. The molecule has 2 N–H and O–H groups in total. The van der Waals surface area contributed by atoms with Gasteiger partial charge in [0.1, 0.15) is 0 Å². The largest absolute Gasteiger partial charge is 0.369 e. The molecule has 0 aliphatic carbocycles. The van der Waals surface area contributed by atoms with E-state index in [9.17, 15) is 15.0 Å². The molecular weight excluding hydrogens is 182 g/mol. The molecule has 1 aromatic rings. The monoisotopic (exact) mass is 193 g/mol. The van der Waals surface area contributed by atoms with E-state index in [1.54, 1.807) is 24.3 Å². The lowest BCUT2D eigenvalue weighted by Gasteiger charge is -2.22. The maximum Gasteiger partial charge on any atom is 0.224 e. The average Bonchev–Trinajstić information content (AvgIpc) is 2.41. The number of nitrogens with zero attached hydrogens (tertiary/aromatic N) is 1. The van der Waals surface area contributed by atoms with Crippen LogP contribution in [-0.4, -0.2) is 21.0 Å². The molecule has 0 aromatic heterocycles. The van der Waals surface area contributed by atoms with Crippen molar-refractivity contribution in [2.75, 3.05) is 0 Å². The lowest BCUT2D eigenvalue weighted by molar-refractivity contribution is -0.154. The molecule has 2 rings (SSSR count). The van der Waals surface area contributed by atoms with Crippen LogP contribution in [0.15, 0.2) is 24.3 Å². The normalized spacial score (nSPS) is 24.9. The van der Waals surface area contributed by atoms with Gasteiger partial charge in [-0.25, -0.2) is 0 Å². The minimum atomic E-state index is -1.03. The molecule has 1 aromatic carbocycles. The molecule has 0 radical (unpaired) electrons. The Labute approximate surface area is 81.4 Å². The van der Waals surface area contributed by atoms with Gasteiger partial charge in [0.25, 0.3) is 0 Å². The summed E-state index contributed by atoms with van der Waals surface area (Å²) in [7, 11) is 0. The highest BCUT2D eigenvalue weighted by Crippen LogP contribution is 2.38. The van der Waals surface area contributed by atoms with Gasteiger partial charge in [-0.05, 0) is 0 Å². The minimum absolute atomic E-state index is 0.346. The van der Waals surface area contributed by atoms with Gasteiger partial charge in [0.2, 0.25) is 5.91 Å². The molecule has 0 saturated heterocycles. The Bertz CT molecular complexity index is 348. The number of carbonyl (C=O) groups is 1. The molecule has 4 heteroatoms. The first-order valence-corrected chi connectivity index (χ1v) is 4.37. The van der Waals surface area contributed by atoms with E-state index >= 15 is 0 Å². The molecule has 0 saturated carbocycles. The molecule has 1 aliphatic rings. The van der Waals surface area contributed by atoms with Crippen LogP contribution in [0, 0.1) is 0 Å². The number of benzene rings is 1. The van der Waals surface area contributed by atoms with Gasteiger partial charge in [-0.2, -0.15) is 0 Å². The molecule has 2 atom stereocenters. The highest BCUT2D eigenvalue weighted by molar-refractivity contribution is 5.75. The number of hydrogen-bond donors (Lipinski definition) is 2. The number of amides is 1. The molecule has 1 aliphatic heterocycles. The second-order valence-electron chi connectivity index (χ2n) is 3.30. The number of fused-ring (bicyclic) bond motifs is 1. The Kier molecular flexibility index (Phi) is 2.02. The van der Waals surface area contributed by atoms with E-state index in [0.717, 1.165) is 4.90 Å². The van der Waals surface area contributed by atoms with Gasteiger partial charge in [0.15, 0.2) is 12.5 Å². The third-order valence-corrected chi connectivity index (χ3v) is 2.44. The predicted octanol–water partition coefficient (Wildman–Crippen LogP) is 0.531. The zero-order valence-electron chi connectivity index (χ0n) is 7.71. The van der Waals surface area contributed by atoms with Gasteiger partial charge in [0, 0.05) is 18.1 Å². The smallest absolute Gasteiger partial charge is 0.224 e. The summed E-state index contributed by atoms with van der Waals surface area (Å²) in [4.78, 5) is 12.2. The van der Waals surface area contributed by atoms with E-state index in [-0.39, 0.29) is 5.91 Å². The van der Waals surface area contributed by atoms with Crippen LogP contribution < -0.4 is 0 Å². The van der Waals surface area contributed by atoms with Crippen molar-refractivity contribution in [3.63, 3.8) is 0 Å². The third kappa shape index (κ3) is 1.12. The molecule has 4 nitrogen and oxygen atoms in total. The summed E-state index contributed by atoms with van der Waals surface area (Å²) in [5, 5.41) is 19.5. The lowest BCUT2D eigenvalue weighted by Crippen LogP contribution is -2.30. The van der Waals surface area contributed by atoms with Crippen LogP contribution in [0.2, 0.25) is 0 Å². The molecule has 0 spiro atoms. The lowest BCUT2D eigenvalue weighted by atomic mass is 10.1. The van der Waals surface area contributed by atoms with Crippen LogP contribution in [0.3, 0.4) is 0 Å². The fourth-order valence-electron chi connectivity index (χ4n) is 1.76.